The summed E-state index contributed by atoms with van der Waals surface area (Å²) in [5.41, 5.74) is 6.71. The molecule has 0 atom stereocenters. The second-order valence-electron chi connectivity index (χ2n) is 9.87. The Morgan fingerprint density at radius 3 is 2.60 bits per heavy atom. The highest BCUT2D eigenvalue weighted by Crippen LogP contribution is 2.28. The lowest BCUT2D eigenvalue weighted by Crippen LogP contribution is -2.29. The zero-order valence-electron chi connectivity index (χ0n) is 22.8. The smallest absolute Gasteiger partial charge is 0.261 e. The Hall–Kier alpha value is -4.46. The van der Waals surface area contributed by atoms with Crippen LogP contribution in [0.3, 0.4) is 0 Å². The summed E-state index contributed by atoms with van der Waals surface area (Å²) in [5, 5.41) is 10.6. The van der Waals surface area contributed by atoms with Crippen molar-refractivity contribution >= 4 is 19.5 Å². The van der Waals surface area contributed by atoms with Crippen LogP contribution in [0.25, 0.3) is 16.8 Å². The normalized spacial score (nSPS) is 12.1. The van der Waals surface area contributed by atoms with E-state index in [1.165, 1.54) is 0 Å². The minimum Gasteiger partial charge on any atom is -0.493 e. The number of fused-ring (bicyclic) bond motifs is 1. The number of hydrogen-bond donors (Lipinski definition) is 2. The number of aromatic nitrogens is 2. The molecule has 7 nitrogen and oxygen atoms in total. The topological polar surface area (TPSA) is 97.1 Å². The van der Waals surface area contributed by atoms with Crippen LogP contribution in [-0.2, 0) is 25.7 Å². The molecule has 2 radical (unpaired) electrons. The zero-order chi connectivity index (χ0) is 28.2. The van der Waals surface area contributed by atoms with Gasteiger partial charge in [-0.2, -0.15) is 0 Å². The summed E-state index contributed by atoms with van der Waals surface area (Å²) in [6.45, 7) is 4.79. The quantitative estimate of drug-likeness (QED) is 0.187. The van der Waals surface area contributed by atoms with Gasteiger partial charge in [0.05, 0.1) is 18.0 Å². The number of nitrogens with one attached hydrogen (secondary N) is 2. The highest BCUT2D eigenvalue weighted by Gasteiger charge is 2.20. The first kappa shape index (κ1) is 27.1. The molecule has 2 heterocycles. The van der Waals surface area contributed by atoms with E-state index < -0.39 is 5.81 Å². The summed E-state index contributed by atoms with van der Waals surface area (Å²) < 4.78 is 7.43. The Morgan fingerprint density at radius 2 is 1.88 bits per heavy atom. The van der Waals surface area contributed by atoms with E-state index in [9.17, 15) is 9.59 Å². The molecule has 0 saturated carbocycles. The van der Waals surface area contributed by atoms with Crippen LogP contribution in [0.1, 0.15) is 54.0 Å². The number of ether oxygens (including phenoxy) is 1. The van der Waals surface area contributed by atoms with Crippen LogP contribution in [0.5, 0.6) is 5.75 Å². The number of aryl methyl sites for hydroxylation is 2. The van der Waals surface area contributed by atoms with Gasteiger partial charge in [-0.15, -0.1) is 0 Å². The highest BCUT2D eigenvalue weighted by atomic mass is 16.5. The van der Waals surface area contributed by atoms with E-state index in [1.807, 2.05) is 67.6 Å². The van der Waals surface area contributed by atoms with Crippen molar-refractivity contribution in [3.05, 3.63) is 111 Å². The molecule has 5 rings (SSSR count). The average Bonchev–Trinajstić information content (AvgIpc) is 3.43. The Morgan fingerprint density at radius 1 is 1.10 bits per heavy atom. The maximum atomic E-state index is 14.1. The molecular weight excluding hydrogens is 499 g/mol. The standard InChI is InChI=1S/C32H31BN4O3/c1-3-7-27-26(31(38)37(29(4-2)35-27)23-14-15-28-22(19-23)16-17-40-28)18-20-10-12-21(13-11-20)24-8-5-6-9-25(24)30(34)36-32(33)39/h5-6,8-15,19H,3-4,7,16-18H2,1-2H3,(H2,34,36,39). The third-order valence-electron chi connectivity index (χ3n) is 7.16. The number of nitrogens with zero attached hydrogens (tertiary/aromatic N) is 2. The molecule has 1 aliphatic heterocycles. The molecule has 0 spiro atoms. The third-order valence-corrected chi connectivity index (χ3v) is 7.16. The zero-order valence-corrected chi connectivity index (χ0v) is 22.8. The third kappa shape index (κ3) is 5.48. The van der Waals surface area contributed by atoms with E-state index in [0.29, 0.717) is 30.6 Å². The molecule has 0 unspecified atom stereocenters. The molecule has 0 saturated heterocycles. The molecule has 0 fully saturated rings. The lowest BCUT2D eigenvalue weighted by Gasteiger charge is -2.17. The molecule has 1 aromatic heterocycles. The Bertz CT molecular complexity index is 1640. The van der Waals surface area contributed by atoms with Gasteiger partial charge in [-0.1, -0.05) is 68.8 Å². The Balaban J connectivity index is 1.51. The van der Waals surface area contributed by atoms with Gasteiger partial charge in [-0.25, -0.2) is 4.98 Å². The minimum absolute atomic E-state index is 0.0328. The Labute approximate surface area is 235 Å². The van der Waals surface area contributed by atoms with Crippen LogP contribution in [0.4, 0.5) is 4.79 Å². The van der Waals surface area contributed by atoms with Crippen LogP contribution in [0, 0.1) is 5.41 Å². The van der Waals surface area contributed by atoms with Gasteiger partial charge in [0.1, 0.15) is 17.4 Å². The van der Waals surface area contributed by atoms with Crippen molar-refractivity contribution in [2.75, 3.05) is 6.61 Å². The monoisotopic (exact) mass is 530 g/mol. The largest absolute Gasteiger partial charge is 0.493 e. The fourth-order valence-electron chi connectivity index (χ4n) is 5.24. The highest BCUT2D eigenvalue weighted by molar-refractivity contribution is 6.58. The first-order valence-corrected chi connectivity index (χ1v) is 13.6. The number of hydrogen-bond acceptors (Lipinski definition) is 5. The summed E-state index contributed by atoms with van der Waals surface area (Å²) in [7, 11) is 5.22. The molecule has 3 aromatic carbocycles. The van der Waals surface area contributed by atoms with Crippen molar-refractivity contribution in [1.82, 2.24) is 14.9 Å². The maximum Gasteiger partial charge on any atom is 0.261 e. The van der Waals surface area contributed by atoms with Gasteiger partial charge in [0.2, 0.25) is 7.85 Å². The van der Waals surface area contributed by atoms with Crippen LogP contribution in [0.2, 0.25) is 0 Å². The lowest BCUT2D eigenvalue weighted by molar-refractivity contribution is 0.263. The van der Waals surface area contributed by atoms with Crippen LogP contribution in [0.15, 0.2) is 71.5 Å². The predicted octanol–water partition coefficient (Wildman–Crippen LogP) is 5.14. The summed E-state index contributed by atoms with van der Waals surface area (Å²) in [5.74, 6) is 0.805. The van der Waals surface area contributed by atoms with Gasteiger partial charge >= 0.3 is 0 Å². The molecule has 40 heavy (non-hydrogen) atoms. The number of amides is 1. The molecule has 8 heteroatoms. The maximum absolute atomic E-state index is 14.1. The van der Waals surface area contributed by atoms with Crippen LogP contribution in [-0.4, -0.2) is 35.6 Å². The molecule has 4 aromatic rings. The fourth-order valence-corrected chi connectivity index (χ4v) is 5.24. The van der Waals surface area contributed by atoms with E-state index in [0.717, 1.165) is 64.5 Å². The molecule has 1 aliphatic rings. The van der Waals surface area contributed by atoms with Crippen LogP contribution < -0.4 is 15.6 Å². The second kappa shape index (κ2) is 11.7. The van der Waals surface area contributed by atoms with Crippen molar-refractivity contribution in [3.8, 4) is 22.6 Å². The van der Waals surface area contributed by atoms with Gasteiger partial charge in [0, 0.05) is 30.4 Å². The van der Waals surface area contributed by atoms with Crippen LogP contribution >= 0.6 is 0 Å². The van der Waals surface area contributed by atoms with E-state index in [-0.39, 0.29) is 11.4 Å². The summed E-state index contributed by atoms with van der Waals surface area (Å²) in [6, 6.07) is 21.2. The fraction of sp³-hybridized carbons (Fsp3) is 0.250. The van der Waals surface area contributed by atoms with Crippen molar-refractivity contribution in [2.24, 2.45) is 0 Å². The van der Waals surface area contributed by atoms with Gasteiger partial charge < -0.3 is 10.1 Å². The van der Waals surface area contributed by atoms with Gasteiger partial charge in [0.25, 0.3) is 5.56 Å². The van der Waals surface area contributed by atoms with E-state index in [1.54, 1.807) is 10.6 Å². The molecule has 0 bridgehead atoms. The predicted molar refractivity (Wildman–Crippen MR) is 158 cm³/mol. The first-order chi connectivity index (χ1) is 19.4. The summed E-state index contributed by atoms with van der Waals surface area (Å²) in [4.78, 5) is 30.3. The Kier molecular flexibility index (Phi) is 7.96. The van der Waals surface area contributed by atoms with Crippen molar-refractivity contribution in [1.29, 1.82) is 5.41 Å². The molecule has 1 amide bonds. The number of benzene rings is 3. The van der Waals surface area contributed by atoms with E-state index in [4.69, 9.17) is 23.0 Å². The average molecular weight is 530 g/mol. The van der Waals surface area contributed by atoms with E-state index in [2.05, 4.69) is 12.2 Å². The number of rotatable bonds is 8. The molecule has 2 N–H and O–H groups in total. The number of carbonyl (C=O) groups excluding carboxylic acids is 1. The second-order valence-corrected chi connectivity index (χ2v) is 9.87. The van der Waals surface area contributed by atoms with Crippen molar-refractivity contribution < 1.29 is 9.53 Å². The summed E-state index contributed by atoms with van der Waals surface area (Å²) in [6.07, 6.45) is 3.57. The minimum atomic E-state index is -0.778. The van der Waals surface area contributed by atoms with Crippen molar-refractivity contribution in [2.45, 2.75) is 46.0 Å². The van der Waals surface area contributed by atoms with Gasteiger partial charge in [0.15, 0.2) is 5.81 Å². The lowest BCUT2D eigenvalue weighted by atomic mass is 9.95. The molecule has 0 aliphatic carbocycles. The SMILES string of the molecule is [B]C(=O)NC(=N)c1ccccc1-c1ccc(Cc2c(CCC)nc(CC)n(-c3ccc4c(c3)CCO4)c2=O)cc1. The number of amidine groups is 1. The van der Waals surface area contributed by atoms with Gasteiger partial charge in [-0.05, 0) is 46.9 Å². The van der Waals surface area contributed by atoms with Crippen molar-refractivity contribution in [3.63, 3.8) is 0 Å². The summed E-state index contributed by atoms with van der Waals surface area (Å²) >= 11 is 0. The molecule has 200 valence electrons. The first-order valence-electron chi connectivity index (χ1n) is 13.6. The van der Waals surface area contributed by atoms with Gasteiger partial charge in [-0.3, -0.25) is 19.6 Å². The number of carbonyl (C=O) groups is 1. The van der Waals surface area contributed by atoms with E-state index >= 15 is 0 Å². The molecular formula is C32H31BN4O3.